The molecule has 1 aliphatic rings. The minimum absolute atomic E-state index is 0.389. The summed E-state index contributed by atoms with van der Waals surface area (Å²) in [7, 11) is 0. The second-order valence-corrected chi connectivity index (χ2v) is 1.24. The van der Waals surface area contributed by atoms with Gasteiger partial charge in [0.05, 0.1) is 0 Å². The number of aliphatic imine (C=N–C) groups is 1. The molecule has 42 valence electrons. The van der Waals surface area contributed by atoms with E-state index in [2.05, 4.69) is 21.4 Å². The van der Waals surface area contributed by atoms with Crippen LogP contribution in [0.2, 0.25) is 0 Å². The van der Waals surface area contributed by atoms with Crippen molar-refractivity contribution in [2.24, 2.45) is 4.99 Å². The minimum Gasteiger partial charge on any atom is -0.529 e. The van der Waals surface area contributed by atoms with Crippen LogP contribution >= 0.6 is 0 Å². The molecule has 0 spiro atoms. The zero-order valence-corrected chi connectivity index (χ0v) is 4.05. The molecular weight excluding hydrogens is 108 g/mol. The minimum atomic E-state index is -0.713. The van der Waals surface area contributed by atoms with E-state index in [0.29, 0.717) is 0 Å². The Morgan fingerprint density at radius 3 is 3.00 bits per heavy atom. The highest BCUT2D eigenvalue weighted by molar-refractivity contribution is 5.89. The Balaban J connectivity index is 2.63. The van der Waals surface area contributed by atoms with Gasteiger partial charge in [0, 0.05) is 6.40 Å². The van der Waals surface area contributed by atoms with Crippen LogP contribution in [-0.4, -0.2) is 25.3 Å². The van der Waals surface area contributed by atoms with Crippen molar-refractivity contribution in [1.82, 2.24) is 0 Å². The fraction of sp³-hybridized carbons (Fsp3) is 0.250. The predicted molar refractivity (Wildman–Crippen MR) is 25.4 cm³/mol. The molecule has 1 atom stereocenters. The highest BCUT2D eigenvalue weighted by atomic mass is 16.5. The van der Waals surface area contributed by atoms with Gasteiger partial charge < -0.3 is 14.5 Å². The van der Waals surface area contributed by atoms with Crippen LogP contribution in [0, 0.1) is 0 Å². The molecule has 1 rings (SSSR count). The van der Waals surface area contributed by atoms with Crippen molar-refractivity contribution in [3.8, 4) is 0 Å². The van der Waals surface area contributed by atoms with E-state index in [1.807, 2.05) is 6.40 Å². The van der Waals surface area contributed by atoms with E-state index in [0.717, 1.165) is 0 Å². The van der Waals surface area contributed by atoms with Crippen LogP contribution in [-0.2, 0) is 9.53 Å². The third kappa shape index (κ3) is 0.598. The van der Waals surface area contributed by atoms with Gasteiger partial charge in [0.1, 0.15) is 6.72 Å². The first-order valence-corrected chi connectivity index (χ1v) is 2.02. The van der Waals surface area contributed by atoms with Crippen LogP contribution in [0.15, 0.2) is 4.99 Å². The quantitative estimate of drug-likeness (QED) is 0.302. The lowest BCUT2D eigenvalue weighted by atomic mass is 10.6. The van der Waals surface area contributed by atoms with E-state index < -0.39 is 6.23 Å². The molecule has 4 nitrogen and oxygen atoms in total. The highest BCUT2D eigenvalue weighted by Gasteiger charge is 2.13. The molecule has 0 radical (unpaired) electrons. The molecule has 0 saturated carbocycles. The van der Waals surface area contributed by atoms with Gasteiger partial charge in [-0.15, -0.1) is 0 Å². The van der Waals surface area contributed by atoms with Gasteiger partial charge >= 0.3 is 0 Å². The first-order chi connectivity index (χ1) is 3.84. The van der Waals surface area contributed by atoms with Crippen molar-refractivity contribution >= 4 is 19.0 Å². The first kappa shape index (κ1) is 4.96. The lowest BCUT2D eigenvalue weighted by molar-refractivity contribution is -0.520. The summed E-state index contributed by atoms with van der Waals surface area (Å²) < 4.78 is 4.47. The Labute approximate surface area is 45.9 Å². The number of hydrogen-bond donors (Lipinski definition) is 1. The number of ether oxygens (including phenoxy) is 1. The van der Waals surface area contributed by atoms with Crippen LogP contribution in [0.4, 0.5) is 0 Å². The highest BCUT2D eigenvalue weighted by Crippen LogP contribution is 1.89. The fourth-order valence-electron chi connectivity index (χ4n) is 0.362. The van der Waals surface area contributed by atoms with Crippen molar-refractivity contribution in [2.75, 3.05) is 0 Å². The lowest BCUT2D eigenvalue weighted by Crippen LogP contribution is -2.76. The third-order valence-electron chi connectivity index (χ3n) is 0.736. The summed E-state index contributed by atoms with van der Waals surface area (Å²) in [6, 6.07) is 0. The number of nitrogens with one attached hydrogen (secondary N) is 1. The Morgan fingerprint density at radius 1 is 2.00 bits per heavy atom. The lowest BCUT2D eigenvalue weighted by Gasteiger charge is -1.98. The van der Waals surface area contributed by atoms with Crippen molar-refractivity contribution in [3.05, 3.63) is 0 Å². The second kappa shape index (κ2) is 1.73. The van der Waals surface area contributed by atoms with Crippen molar-refractivity contribution < 1.29 is 14.5 Å². The first-order valence-electron chi connectivity index (χ1n) is 2.02. The standard InChI is InChI=1S/C4H3N2O2/c1-5-4-3(7)6-2-8-4/h4H,1H2/q-1/p+1. The van der Waals surface area contributed by atoms with E-state index in [1.165, 1.54) is 0 Å². The van der Waals surface area contributed by atoms with Crippen LogP contribution in [0.3, 0.4) is 0 Å². The van der Waals surface area contributed by atoms with E-state index in [9.17, 15) is 4.79 Å². The summed E-state index contributed by atoms with van der Waals surface area (Å²) in [5, 5.41) is 0. The molecule has 4 heteroatoms. The van der Waals surface area contributed by atoms with Gasteiger partial charge in [-0.1, -0.05) is 0 Å². The molecule has 1 unspecified atom stereocenters. The SMILES string of the molecule is C=[NH+]C1O[C-]=NC1=O. The van der Waals surface area contributed by atoms with Crippen molar-refractivity contribution in [2.45, 2.75) is 6.23 Å². The third-order valence-corrected chi connectivity index (χ3v) is 0.736. The summed E-state index contributed by atoms with van der Waals surface area (Å²) in [6.07, 6.45) is 1.33. The predicted octanol–water partition coefficient (Wildman–Crippen LogP) is -2.44. The van der Waals surface area contributed by atoms with Crippen LogP contribution in [0.1, 0.15) is 0 Å². The van der Waals surface area contributed by atoms with Crippen LogP contribution in [0.25, 0.3) is 0 Å². The summed E-state index contributed by atoms with van der Waals surface area (Å²) in [5.41, 5.74) is 0. The molecule has 1 amide bonds. The maximum atomic E-state index is 10.3. The molecule has 0 aromatic carbocycles. The number of hydrogen-bond acceptors (Lipinski definition) is 2. The molecule has 1 heterocycles. The molecule has 8 heavy (non-hydrogen) atoms. The van der Waals surface area contributed by atoms with Gasteiger partial charge in [0.15, 0.2) is 5.91 Å². The van der Waals surface area contributed by atoms with Crippen LogP contribution < -0.4 is 4.99 Å². The van der Waals surface area contributed by atoms with Gasteiger partial charge in [0.2, 0.25) is 0 Å². The summed E-state index contributed by atoms with van der Waals surface area (Å²) in [4.78, 5) is 15.9. The Kier molecular flexibility index (Phi) is 1.07. The number of rotatable bonds is 1. The number of nitrogens with zero attached hydrogens (tertiary/aromatic N) is 1. The number of amides is 1. The van der Waals surface area contributed by atoms with Crippen molar-refractivity contribution in [1.29, 1.82) is 0 Å². The number of carbonyl (C=O) groups is 1. The second-order valence-electron chi connectivity index (χ2n) is 1.24. The zero-order chi connectivity index (χ0) is 5.98. The van der Waals surface area contributed by atoms with E-state index in [1.54, 1.807) is 0 Å². The Bertz CT molecular complexity index is 152. The summed E-state index contributed by atoms with van der Waals surface area (Å²) >= 11 is 0. The normalized spacial score (nSPS) is 25.5. The van der Waals surface area contributed by atoms with Gasteiger partial charge in [-0.05, 0) is 0 Å². The molecule has 1 N–H and O–H groups in total. The Morgan fingerprint density at radius 2 is 2.75 bits per heavy atom. The molecule has 0 aromatic rings. The molecule has 1 aliphatic heterocycles. The molecule has 0 aromatic heterocycles. The fourth-order valence-corrected chi connectivity index (χ4v) is 0.362. The molecule has 0 bridgehead atoms. The van der Waals surface area contributed by atoms with Crippen LogP contribution in [0.5, 0.6) is 0 Å². The molecule has 0 fully saturated rings. The maximum Gasteiger partial charge on any atom is 0.293 e. The smallest absolute Gasteiger partial charge is 0.293 e. The summed E-state index contributed by atoms with van der Waals surface area (Å²) in [5.74, 6) is -0.389. The van der Waals surface area contributed by atoms with Gasteiger partial charge in [0.25, 0.3) is 6.23 Å². The average molecular weight is 112 g/mol. The topological polar surface area (TPSA) is 52.6 Å². The molecule has 0 saturated heterocycles. The molecule has 0 aliphatic carbocycles. The molecular formula is C4H4N2O2. The van der Waals surface area contributed by atoms with Gasteiger partial charge in [-0.25, -0.2) is 4.99 Å². The Hall–Kier alpha value is -1.19. The van der Waals surface area contributed by atoms with E-state index in [-0.39, 0.29) is 5.91 Å². The summed E-state index contributed by atoms with van der Waals surface area (Å²) in [6.45, 7) is 3.22. The largest absolute Gasteiger partial charge is 0.529 e. The monoisotopic (exact) mass is 112 g/mol. The average Bonchev–Trinajstić information content (AvgIpc) is 2.14. The zero-order valence-electron chi connectivity index (χ0n) is 4.05. The van der Waals surface area contributed by atoms with E-state index >= 15 is 0 Å². The van der Waals surface area contributed by atoms with Gasteiger partial charge in [-0.2, -0.15) is 0 Å². The van der Waals surface area contributed by atoms with Gasteiger partial charge in [-0.3, -0.25) is 0 Å². The van der Waals surface area contributed by atoms with Crippen molar-refractivity contribution in [3.63, 3.8) is 0 Å². The van der Waals surface area contributed by atoms with E-state index in [4.69, 9.17) is 0 Å². The maximum absolute atomic E-state index is 10.3. The number of carbonyl (C=O) groups excluding carboxylic acids is 1.